The number of rotatable bonds is 3. The third-order valence-corrected chi connectivity index (χ3v) is 2.27. The molecule has 1 rings (SSSR count). The van der Waals surface area contributed by atoms with Crippen LogP contribution in [0.3, 0.4) is 0 Å². The van der Waals surface area contributed by atoms with Gasteiger partial charge in [-0.3, -0.25) is 0 Å². The smallest absolute Gasteiger partial charge is 0.0776 e. The maximum Gasteiger partial charge on any atom is 0.0776 e. The van der Waals surface area contributed by atoms with Gasteiger partial charge in [0.2, 0.25) is 0 Å². The van der Waals surface area contributed by atoms with Crippen molar-refractivity contribution in [2.75, 3.05) is 19.6 Å². The average Bonchev–Trinajstić information content (AvgIpc) is 2.06. The summed E-state index contributed by atoms with van der Waals surface area (Å²) in [7, 11) is 0. The van der Waals surface area contributed by atoms with Crippen LogP contribution in [-0.2, 0) is 0 Å². The van der Waals surface area contributed by atoms with E-state index in [0.717, 1.165) is 19.6 Å². The SMILES string of the molecule is C#CCC(O)CN1CCCCC1. The highest BCUT2D eigenvalue weighted by Crippen LogP contribution is 2.09. The summed E-state index contributed by atoms with van der Waals surface area (Å²) in [5, 5.41) is 9.42. The summed E-state index contributed by atoms with van der Waals surface area (Å²) in [5.74, 6) is 2.48. The van der Waals surface area contributed by atoms with Crippen molar-refractivity contribution in [2.45, 2.75) is 31.8 Å². The summed E-state index contributed by atoms with van der Waals surface area (Å²) in [6, 6.07) is 0. The zero-order valence-corrected chi connectivity index (χ0v) is 7.50. The molecular formula is C10H17NO. The number of aliphatic hydroxyl groups excluding tert-OH is 1. The van der Waals surface area contributed by atoms with Crippen molar-refractivity contribution in [3.63, 3.8) is 0 Å². The first-order valence-electron chi connectivity index (χ1n) is 4.67. The van der Waals surface area contributed by atoms with Crippen LogP contribution in [0.5, 0.6) is 0 Å². The molecule has 0 aromatic heterocycles. The van der Waals surface area contributed by atoms with E-state index in [4.69, 9.17) is 6.42 Å². The summed E-state index contributed by atoms with van der Waals surface area (Å²) in [5.41, 5.74) is 0. The Balaban J connectivity index is 2.16. The quantitative estimate of drug-likeness (QED) is 0.630. The highest BCUT2D eigenvalue weighted by molar-refractivity contribution is 4.87. The zero-order chi connectivity index (χ0) is 8.81. The summed E-state index contributed by atoms with van der Waals surface area (Å²) in [6.07, 6.45) is 9.13. The van der Waals surface area contributed by atoms with Crippen LogP contribution in [0.1, 0.15) is 25.7 Å². The Morgan fingerprint density at radius 3 is 2.58 bits per heavy atom. The molecule has 0 amide bonds. The first-order chi connectivity index (χ1) is 5.83. The molecule has 1 aliphatic heterocycles. The maximum absolute atomic E-state index is 9.42. The molecule has 12 heavy (non-hydrogen) atoms. The monoisotopic (exact) mass is 167 g/mol. The van der Waals surface area contributed by atoms with Crippen LogP contribution in [0.15, 0.2) is 0 Å². The van der Waals surface area contributed by atoms with Crippen molar-refractivity contribution < 1.29 is 5.11 Å². The number of aliphatic hydroxyl groups is 1. The molecule has 1 unspecified atom stereocenters. The molecule has 1 atom stereocenters. The second-order valence-electron chi connectivity index (χ2n) is 3.42. The fourth-order valence-corrected chi connectivity index (χ4v) is 1.64. The second-order valence-corrected chi connectivity index (χ2v) is 3.42. The van der Waals surface area contributed by atoms with E-state index in [1.165, 1.54) is 19.3 Å². The lowest BCUT2D eigenvalue weighted by Crippen LogP contribution is -2.36. The number of likely N-dealkylation sites (tertiary alicyclic amines) is 1. The largest absolute Gasteiger partial charge is 0.391 e. The Hall–Kier alpha value is -0.520. The second kappa shape index (κ2) is 5.18. The van der Waals surface area contributed by atoms with Crippen LogP contribution in [0.2, 0.25) is 0 Å². The molecule has 2 heteroatoms. The molecule has 0 aromatic carbocycles. The van der Waals surface area contributed by atoms with E-state index in [0.29, 0.717) is 6.42 Å². The minimum absolute atomic E-state index is 0.326. The third-order valence-electron chi connectivity index (χ3n) is 2.27. The van der Waals surface area contributed by atoms with Crippen molar-refractivity contribution >= 4 is 0 Å². The number of piperidine rings is 1. The van der Waals surface area contributed by atoms with E-state index in [1.807, 2.05) is 0 Å². The molecule has 1 aliphatic rings. The summed E-state index contributed by atoms with van der Waals surface area (Å²) >= 11 is 0. The van der Waals surface area contributed by atoms with E-state index in [-0.39, 0.29) is 6.10 Å². The minimum atomic E-state index is -0.326. The Bertz CT molecular complexity index is 156. The topological polar surface area (TPSA) is 23.5 Å². The highest BCUT2D eigenvalue weighted by atomic mass is 16.3. The standard InChI is InChI=1S/C10H17NO/c1-2-6-10(12)9-11-7-4-3-5-8-11/h1,10,12H,3-9H2. The van der Waals surface area contributed by atoms with Crippen LogP contribution in [0, 0.1) is 12.3 Å². The fraction of sp³-hybridized carbons (Fsp3) is 0.800. The van der Waals surface area contributed by atoms with Gasteiger partial charge in [0.25, 0.3) is 0 Å². The number of terminal acetylenes is 1. The average molecular weight is 167 g/mol. The number of hydrogen-bond acceptors (Lipinski definition) is 2. The summed E-state index contributed by atoms with van der Waals surface area (Å²) in [4.78, 5) is 2.30. The van der Waals surface area contributed by atoms with E-state index < -0.39 is 0 Å². The predicted octanol–water partition coefficient (Wildman–Crippen LogP) is 0.857. The van der Waals surface area contributed by atoms with Gasteiger partial charge in [-0.2, -0.15) is 0 Å². The maximum atomic E-state index is 9.42. The normalized spacial score (nSPS) is 21.7. The Labute approximate surface area is 74.6 Å². The van der Waals surface area contributed by atoms with Crippen molar-refractivity contribution in [3.8, 4) is 12.3 Å². The predicted molar refractivity (Wildman–Crippen MR) is 49.7 cm³/mol. The van der Waals surface area contributed by atoms with Gasteiger partial charge < -0.3 is 10.0 Å². The number of nitrogens with zero attached hydrogens (tertiary/aromatic N) is 1. The van der Waals surface area contributed by atoms with E-state index in [1.54, 1.807) is 0 Å². The Kier molecular flexibility index (Phi) is 4.13. The van der Waals surface area contributed by atoms with Gasteiger partial charge in [-0.15, -0.1) is 12.3 Å². The van der Waals surface area contributed by atoms with Crippen LogP contribution < -0.4 is 0 Å². The lowest BCUT2D eigenvalue weighted by atomic mass is 10.1. The first-order valence-corrected chi connectivity index (χ1v) is 4.67. The van der Waals surface area contributed by atoms with Gasteiger partial charge in [-0.1, -0.05) is 6.42 Å². The molecular weight excluding hydrogens is 150 g/mol. The van der Waals surface area contributed by atoms with Crippen LogP contribution in [0.25, 0.3) is 0 Å². The van der Waals surface area contributed by atoms with E-state index in [9.17, 15) is 5.11 Å². The van der Waals surface area contributed by atoms with Crippen LogP contribution >= 0.6 is 0 Å². The molecule has 0 spiro atoms. The lowest BCUT2D eigenvalue weighted by molar-refractivity contribution is 0.105. The van der Waals surface area contributed by atoms with Crippen molar-refractivity contribution in [1.29, 1.82) is 0 Å². The lowest BCUT2D eigenvalue weighted by Gasteiger charge is -2.27. The molecule has 1 N–H and O–H groups in total. The van der Waals surface area contributed by atoms with Gasteiger partial charge in [-0.25, -0.2) is 0 Å². The molecule has 0 aromatic rings. The number of hydrogen-bond donors (Lipinski definition) is 1. The molecule has 0 bridgehead atoms. The molecule has 1 saturated heterocycles. The molecule has 0 saturated carbocycles. The highest BCUT2D eigenvalue weighted by Gasteiger charge is 2.13. The minimum Gasteiger partial charge on any atom is -0.391 e. The van der Waals surface area contributed by atoms with Gasteiger partial charge in [0.1, 0.15) is 0 Å². The molecule has 2 nitrogen and oxygen atoms in total. The summed E-state index contributed by atoms with van der Waals surface area (Å²) in [6.45, 7) is 3.01. The molecule has 68 valence electrons. The van der Waals surface area contributed by atoms with Gasteiger partial charge in [-0.05, 0) is 25.9 Å². The van der Waals surface area contributed by atoms with Crippen molar-refractivity contribution in [3.05, 3.63) is 0 Å². The molecule has 0 aliphatic carbocycles. The van der Waals surface area contributed by atoms with E-state index in [2.05, 4.69) is 10.8 Å². The Morgan fingerprint density at radius 1 is 1.33 bits per heavy atom. The van der Waals surface area contributed by atoms with Gasteiger partial charge in [0.15, 0.2) is 0 Å². The van der Waals surface area contributed by atoms with E-state index >= 15 is 0 Å². The Morgan fingerprint density at radius 2 is 2.00 bits per heavy atom. The number of β-amino-alcohol motifs (C(OH)–C–C–N with tert-alkyl or cyclic N) is 1. The summed E-state index contributed by atoms with van der Waals surface area (Å²) < 4.78 is 0. The van der Waals surface area contributed by atoms with Gasteiger partial charge in [0, 0.05) is 13.0 Å². The molecule has 1 fully saturated rings. The van der Waals surface area contributed by atoms with Gasteiger partial charge in [0.05, 0.1) is 6.10 Å². The molecule has 0 radical (unpaired) electrons. The molecule has 1 heterocycles. The fourth-order valence-electron chi connectivity index (χ4n) is 1.64. The van der Waals surface area contributed by atoms with Crippen LogP contribution in [0.4, 0.5) is 0 Å². The zero-order valence-electron chi connectivity index (χ0n) is 7.50. The third kappa shape index (κ3) is 3.25. The first kappa shape index (κ1) is 9.57. The van der Waals surface area contributed by atoms with Crippen molar-refractivity contribution in [2.24, 2.45) is 0 Å². The van der Waals surface area contributed by atoms with Gasteiger partial charge >= 0.3 is 0 Å². The van der Waals surface area contributed by atoms with Crippen molar-refractivity contribution in [1.82, 2.24) is 4.90 Å². The van der Waals surface area contributed by atoms with Crippen LogP contribution in [-0.4, -0.2) is 35.7 Å².